The van der Waals surface area contributed by atoms with Crippen molar-refractivity contribution in [2.75, 3.05) is 13.2 Å². The van der Waals surface area contributed by atoms with Gasteiger partial charge in [-0.3, -0.25) is 19.0 Å². The normalized spacial score (nSPS) is 17.0. The number of hydrogen-bond donors (Lipinski definition) is 0. The minimum atomic E-state index is -4.62. The van der Waals surface area contributed by atoms with E-state index in [9.17, 15) is 22.8 Å². The summed E-state index contributed by atoms with van der Waals surface area (Å²) in [6.45, 7) is 9.10. The van der Waals surface area contributed by atoms with Crippen molar-refractivity contribution in [2.45, 2.75) is 77.6 Å². The SMILES string of the molecule is CCOC(=O)CCc1ccc(C(F)(F)F)cc1C(=O)N=c1cc(C(C)(C)C)n(C)n1C[C@H]1CCCO1. The minimum absolute atomic E-state index is 0.0332. The van der Waals surface area contributed by atoms with E-state index < -0.39 is 23.6 Å². The monoisotopic (exact) mass is 509 g/mol. The Labute approximate surface area is 208 Å². The van der Waals surface area contributed by atoms with Crippen LogP contribution in [-0.4, -0.2) is 40.6 Å². The second-order valence-corrected chi connectivity index (χ2v) is 9.97. The number of carbonyl (C=O) groups excluding carboxylic acids is 2. The average Bonchev–Trinajstić information content (AvgIpc) is 3.40. The van der Waals surface area contributed by atoms with Crippen LogP contribution in [0.15, 0.2) is 29.3 Å². The molecule has 7 nitrogen and oxygen atoms in total. The zero-order valence-corrected chi connectivity index (χ0v) is 21.4. The Kier molecular flexibility index (Phi) is 8.48. The van der Waals surface area contributed by atoms with Crippen LogP contribution < -0.4 is 5.49 Å². The summed E-state index contributed by atoms with van der Waals surface area (Å²) in [5.74, 6) is -1.29. The maximum atomic E-state index is 13.4. The summed E-state index contributed by atoms with van der Waals surface area (Å²) in [5.41, 5.74) is 0.179. The van der Waals surface area contributed by atoms with Gasteiger partial charge in [-0.2, -0.15) is 18.2 Å². The molecule has 1 fully saturated rings. The van der Waals surface area contributed by atoms with Crippen LogP contribution in [0.2, 0.25) is 0 Å². The van der Waals surface area contributed by atoms with Gasteiger partial charge in [-0.1, -0.05) is 26.8 Å². The molecule has 1 aliphatic heterocycles. The Balaban J connectivity index is 2.07. The second kappa shape index (κ2) is 11.0. The molecule has 1 atom stereocenters. The third-order valence-corrected chi connectivity index (χ3v) is 6.20. The van der Waals surface area contributed by atoms with Gasteiger partial charge in [0.2, 0.25) is 0 Å². The lowest BCUT2D eigenvalue weighted by molar-refractivity contribution is -0.143. The molecule has 3 rings (SSSR count). The smallest absolute Gasteiger partial charge is 0.416 e. The summed E-state index contributed by atoms with van der Waals surface area (Å²) in [6, 6.07) is 4.75. The fourth-order valence-corrected chi connectivity index (χ4v) is 4.37. The Morgan fingerprint density at radius 1 is 1.19 bits per heavy atom. The van der Waals surface area contributed by atoms with Gasteiger partial charge >= 0.3 is 12.1 Å². The fourth-order valence-electron chi connectivity index (χ4n) is 4.37. The number of rotatable bonds is 7. The lowest BCUT2D eigenvalue weighted by Crippen LogP contribution is -2.30. The van der Waals surface area contributed by atoms with E-state index in [2.05, 4.69) is 4.99 Å². The molecule has 0 spiro atoms. The number of benzene rings is 1. The molecule has 198 valence electrons. The van der Waals surface area contributed by atoms with Gasteiger partial charge in [-0.05, 0) is 43.9 Å². The van der Waals surface area contributed by atoms with Crippen LogP contribution in [0.1, 0.15) is 74.1 Å². The Morgan fingerprint density at radius 2 is 1.92 bits per heavy atom. The molecule has 0 aliphatic carbocycles. The number of aromatic nitrogens is 2. The molecule has 2 aromatic rings. The Hall–Kier alpha value is -2.88. The van der Waals surface area contributed by atoms with E-state index in [1.54, 1.807) is 13.0 Å². The third-order valence-electron chi connectivity index (χ3n) is 6.20. The van der Waals surface area contributed by atoms with Gasteiger partial charge < -0.3 is 9.47 Å². The van der Waals surface area contributed by atoms with Gasteiger partial charge in [0.05, 0.1) is 24.8 Å². The van der Waals surface area contributed by atoms with Gasteiger partial charge in [0.15, 0.2) is 5.49 Å². The van der Waals surface area contributed by atoms with E-state index in [0.29, 0.717) is 24.2 Å². The molecular formula is C26H34F3N3O4. The predicted octanol–water partition coefficient (Wildman–Crippen LogP) is 4.56. The first-order chi connectivity index (χ1) is 16.8. The predicted molar refractivity (Wildman–Crippen MR) is 127 cm³/mol. The Morgan fingerprint density at radius 3 is 2.50 bits per heavy atom. The number of amides is 1. The first-order valence-corrected chi connectivity index (χ1v) is 12.1. The molecule has 0 saturated carbocycles. The zero-order chi connectivity index (χ0) is 26.7. The van der Waals surface area contributed by atoms with Crippen LogP contribution in [0.3, 0.4) is 0 Å². The number of aryl methyl sites for hydroxylation is 1. The summed E-state index contributed by atoms with van der Waals surface area (Å²) in [6.07, 6.45) is -2.83. The highest BCUT2D eigenvalue weighted by atomic mass is 19.4. The van der Waals surface area contributed by atoms with Gasteiger partial charge in [-0.15, -0.1) is 0 Å². The van der Waals surface area contributed by atoms with Crippen LogP contribution in [0.5, 0.6) is 0 Å². The molecule has 0 unspecified atom stereocenters. The number of nitrogens with zero attached hydrogens (tertiary/aromatic N) is 3. The van der Waals surface area contributed by atoms with Crippen molar-refractivity contribution in [1.82, 2.24) is 9.36 Å². The van der Waals surface area contributed by atoms with Crippen LogP contribution >= 0.6 is 0 Å². The molecular weight excluding hydrogens is 475 g/mol. The second-order valence-electron chi connectivity index (χ2n) is 9.97. The van der Waals surface area contributed by atoms with Gasteiger partial charge in [0.25, 0.3) is 5.91 Å². The van der Waals surface area contributed by atoms with Gasteiger partial charge in [0, 0.05) is 42.8 Å². The van der Waals surface area contributed by atoms with Crippen LogP contribution in [0.25, 0.3) is 0 Å². The van der Waals surface area contributed by atoms with Crippen molar-refractivity contribution in [2.24, 2.45) is 12.0 Å². The molecule has 1 aromatic heterocycles. The maximum Gasteiger partial charge on any atom is 0.416 e. The van der Waals surface area contributed by atoms with Crippen LogP contribution in [-0.2, 0) is 45.9 Å². The lowest BCUT2D eigenvalue weighted by Gasteiger charge is -2.21. The first kappa shape index (κ1) is 27.7. The summed E-state index contributed by atoms with van der Waals surface area (Å²) in [5, 5.41) is 0. The van der Waals surface area contributed by atoms with E-state index in [4.69, 9.17) is 9.47 Å². The summed E-state index contributed by atoms with van der Waals surface area (Å²) < 4.78 is 54.8. The van der Waals surface area contributed by atoms with Crippen molar-refractivity contribution in [3.8, 4) is 0 Å². The van der Waals surface area contributed by atoms with E-state index >= 15 is 0 Å². The van der Waals surface area contributed by atoms with E-state index in [-0.39, 0.29) is 36.5 Å². The highest BCUT2D eigenvalue weighted by Gasteiger charge is 2.32. The quantitative estimate of drug-likeness (QED) is 0.513. The van der Waals surface area contributed by atoms with Crippen LogP contribution in [0, 0.1) is 0 Å². The Bertz CT molecular complexity index is 1170. The van der Waals surface area contributed by atoms with Crippen LogP contribution in [0.4, 0.5) is 13.2 Å². The molecule has 10 heteroatoms. The molecule has 1 aromatic carbocycles. The zero-order valence-electron chi connectivity index (χ0n) is 21.4. The topological polar surface area (TPSA) is 74.8 Å². The van der Waals surface area contributed by atoms with Crippen molar-refractivity contribution < 1.29 is 32.2 Å². The molecule has 2 heterocycles. The van der Waals surface area contributed by atoms with E-state index in [1.165, 1.54) is 6.07 Å². The highest BCUT2D eigenvalue weighted by molar-refractivity contribution is 5.96. The van der Waals surface area contributed by atoms with E-state index in [1.807, 2.05) is 37.2 Å². The number of esters is 1. The lowest BCUT2D eigenvalue weighted by atomic mass is 9.92. The number of halogens is 3. The first-order valence-electron chi connectivity index (χ1n) is 12.1. The molecule has 36 heavy (non-hydrogen) atoms. The summed E-state index contributed by atoms with van der Waals surface area (Å²) in [7, 11) is 1.87. The third kappa shape index (κ3) is 6.66. The summed E-state index contributed by atoms with van der Waals surface area (Å²) >= 11 is 0. The maximum absolute atomic E-state index is 13.4. The standard InChI is InChI=1S/C26H34F3N3O4/c1-6-35-23(33)12-10-17-9-11-18(26(27,28)29)14-20(17)24(34)30-22-15-21(25(2,3)4)31(5)32(22)16-19-8-7-13-36-19/h9,11,14-15,19H,6-8,10,12-13,16H2,1-5H3/t19-/m1/s1. The largest absolute Gasteiger partial charge is 0.466 e. The average molecular weight is 510 g/mol. The minimum Gasteiger partial charge on any atom is -0.466 e. The number of alkyl halides is 3. The van der Waals surface area contributed by atoms with Crippen molar-refractivity contribution in [3.05, 3.63) is 52.1 Å². The number of ether oxygens (including phenoxy) is 2. The molecule has 1 saturated heterocycles. The van der Waals surface area contributed by atoms with Crippen molar-refractivity contribution in [3.63, 3.8) is 0 Å². The van der Waals surface area contributed by atoms with E-state index in [0.717, 1.165) is 30.7 Å². The number of carbonyl (C=O) groups is 2. The van der Waals surface area contributed by atoms with Gasteiger partial charge in [0.1, 0.15) is 0 Å². The molecule has 0 bridgehead atoms. The van der Waals surface area contributed by atoms with Crippen molar-refractivity contribution in [1.29, 1.82) is 0 Å². The van der Waals surface area contributed by atoms with Gasteiger partial charge in [-0.25, -0.2) is 0 Å². The molecule has 1 amide bonds. The number of hydrogen-bond acceptors (Lipinski definition) is 4. The summed E-state index contributed by atoms with van der Waals surface area (Å²) in [4.78, 5) is 29.4. The molecule has 0 radical (unpaired) electrons. The van der Waals surface area contributed by atoms with Crippen molar-refractivity contribution >= 4 is 11.9 Å². The highest BCUT2D eigenvalue weighted by Crippen LogP contribution is 2.31. The molecule has 0 N–H and O–H groups in total. The molecule has 1 aliphatic rings. The fraction of sp³-hybridized carbons (Fsp3) is 0.577.